The number of imidazole rings is 1. The highest BCUT2D eigenvalue weighted by atomic mass is 19.4. The number of rotatable bonds is 4. The summed E-state index contributed by atoms with van der Waals surface area (Å²) in [5, 5.41) is 6.16. The van der Waals surface area contributed by atoms with Crippen molar-refractivity contribution in [2.24, 2.45) is 0 Å². The fraction of sp³-hybridized carbons (Fsp3) is 0.462. The fourth-order valence-electron chi connectivity index (χ4n) is 5.75. The van der Waals surface area contributed by atoms with Crippen LogP contribution in [0.1, 0.15) is 54.6 Å². The number of benzene rings is 1. The first-order valence-electron chi connectivity index (χ1n) is 12.8. The molecule has 5 heterocycles. The van der Waals surface area contributed by atoms with Gasteiger partial charge in [-0.25, -0.2) is 19.3 Å². The van der Waals surface area contributed by atoms with Crippen molar-refractivity contribution in [2.45, 2.75) is 50.2 Å². The van der Waals surface area contributed by atoms with Crippen LogP contribution in [0.2, 0.25) is 0 Å². The molecule has 2 N–H and O–H groups in total. The van der Waals surface area contributed by atoms with Gasteiger partial charge in [-0.1, -0.05) is 0 Å². The van der Waals surface area contributed by atoms with Gasteiger partial charge in [0, 0.05) is 48.9 Å². The summed E-state index contributed by atoms with van der Waals surface area (Å²) >= 11 is 0. The van der Waals surface area contributed by atoms with Crippen molar-refractivity contribution in [3.8, 4) is 11.3 Å². The summed E-state index contributed by atoms with van der Waals surface area (Å²) in [7, 11) is 0. The molecule has 0 saturated carbocycles. The van der Waals surface area contributed by atoms with E-state index >= 15 is 0 Å². The number of fused-ring (bicyclic) bond motifs is 1. The monoisotopic (exact) mass is 529 g/mol. The molecule has 8 nitrogen and oxygen atoms in total. The van der Waals surface area contributed by atoms with Crippen LogP contribution in [-0.2, 0) is 17.4 Å². The van der Waals surface area contributed by atoms with Crippen LogP contribution in [0.25, 0.3) is 11.3 Å². The van der Waals surface area contributed by atoms with E-state index in [0.29, 0.717) is 24.6 Å². The molecule has 12 heteroatoms. The van der Waals surface area contributed by atoms with Crippen LogP contribution in [0.3, 0.4) is 0 Å². The van der Waals surface area contributed by atoms with Gasteiger partial charge in [0.2, 0.25) is 5.91 Å². The Morgan fingerprint density at radius 3 is 2.63 bits per heavy atom. The van der Waals surface area contributed by atoms with Crippen molar-refractivity contribution >= 4 is 17.5 Å². The number of nitrogens with zero attached hydrogens (tertiary/aromatic N) is 5. The Morgan fingerprint density at radius 1 is 1.08 bits per heavy atom. The third kappa shape index (κ3) is 4.61. The largest absolute Gasteiger partial charge is 0.419 e. The molecular formula is C26H27F4N7O. The lowest BCUT2D eigenvalue weighted by Crippen LogP contribution is -2.36. The van der Waals surface area contributed by atoms with E-state index in [1.165, 1.54) is 12.4 Å². The Morgan fingerprint density at radius 2 is 1.89 bits per heavy atom. The van der Waals surface area contributed by atoms with Gasteiger partial charge in [0.25, 0.3) is 0 Å². The molecule has 0 bridgehead atoms. The second kappa shape index (κ2) is 9.64. The molecule has 1 amide bonds. The van der Waals surface area contributed by atoms with Gasteiger partial charge >= 0.3 is 6.18 Å². The number of hydrogen-bond acceptors (Lipinski definition) is 6. The number of halogens is 4. The zero-order valence-corrected chi connectivity index (χ0v) is 20.6. The van der Waals surface area contributed by atoms with E-state index in [2.05, 4.69) is 30.1 Å². The molecule has 200 valence electrons. The van der Waals surface area contributed by atoms with Crippen LogP contribution in [0.15, 0.2) is 30.7 Å². The lowest BCUT2D eigenvalue weighted by molar-refractivity contribution is -0.140. The van der Waals surface area contributed by atoms with Crippen molar-refractivity contribution in [2.75, 3.05) is 36.4 Å². The minimum absolute atomic E-state index is 0.0956. The zero-order chi connectivity index (χ0) is 26.4. The predicted molar refractivity (Wildman–Crippen MR) is 132 cm³/mol. The second-order valence-corrected chi connectivity index (χ2v) is 10.1. The maximum atomic E-state index is 13.9. The van der Waals surface area contributed by atoms with Crippen molar-refractivity contribution in [1.82, 2.24) is 24.8 Å². The van der Waals surface area contributed by atoms with Gasteiger partial charge in [0.1, 0.15) is 29.6 Å². The highest BCUT2D eigenvalue weighted by molar-refractivity contribution is 5.99. The van der Waals surface area contributed by atoms with E-state index in [1.807, 2.05) is 6.20 Å². The smallest absolute Gasteiger partial charge is 0.356 e. The SMILES string of the molecule is O=C1Cc2c(ncnc2N2CCC(c3nc(-c4ccc(F)c(C(F)(F)F)c4)cn3C3CCCNC3)CC2)N1. The van der Waals surface area contributed by atoms with Crippen LogP contribution < -0.4 is 15.5 Å². The quantitative estimate of drug-likeness (QED) is 0.490. The molecule has 6 rings (SSSR count). The summed E-state index contributed by atoms with van der Waals surface area (Å²) in [4.78, 5) is 27.5. The average molecular weight is 530 g/mol. The highest BCUT2D eigenvalue weighted by Gasteiger charge is 2.35. The molecule has 1 unspecified atom stereocenters. The lowest BCUT2D eigenvalue weighted by atomic mass is 9.94. The van der Waals surface area contributed by atoms with Crippen LogP contribution in [-0.4, -0.2) is 51.6 Å². The van der Waals surface area contributed by atoms with Gasteiger partial charge in [-0.15, -0.1) is 0 Å². The average Bonchev–Trinajstić information content (AvgIpc) is 3.52. The Labute approximate surface area is 216 Å². The van der Waals surface area contributed by atoms with Gasteiger partial charge in [0.15, 0.2) is 0 Å². The van der Waals surface area contributed by atoms with Gasteiger partial charge in [-0.05, 0) is 50.4 Å². The maximum absolute atomic E-state index is 13.9. The van der Waals surface area contributed by atoms with Crippen molar-refractivity contribution in [3.05, 3.63) is 53.5 Å². The molecule has 3 aromatic rings. The minimum atomic E-state index is -4.78. The Balaban J connectivity index is 1.29. The van der Waals surface area contributed by atoms with Gasteiger partial charge < -0.3 is 20.1 Å². The molecule has 1 aromatic carbocycles. The van der Waals surface area contributed by atoms with Crippen molar-refractivity contribution in [1.29, 1.82) is 0 Å². The number of carbonyl (C=O) groups excluding carboxylic acids is 1. The third-order valence-corrected chi connectivity index (χ3v) is 7.67. The zero-order valence-electron chi connectivity index (χ0n) is 20.6. The summed E-state index contributed by atoms with van der Waals surface area (Å²) in [6.45, 7) is 3.08. The van der Waals surface area contributed by atoms with E-state index in [0.717, 1.165) is 68.1 Å². The molecule has 2 aromatic heterocycles. The minimum Gasteiger partial charge on any atom is -0.356 e. The number of alkyl halides is 3. The summed E-state index contributed by atoms with van der Waals surface area (Å²) in [5.74, 6) is 0.873. The van der Waals surface area contributed by atoms with E-state index < -0.39 is 17.6 Å². The predicted octanol–water partition coefficient (Wildman–Crippen LogP) is 4.30. The molecule has 3 aliphatic heterocycles. The Hall–Kier alpha value is -3.54. The molecule has 0 aliphatic carbocycles. The molecule has 38 heavy (non-hydrogen) atoms. The highest BCUT2D eigenvalue weighted by Crippen LogP contribution is 2.38. The molecule has 2 saturated heterocycles. The van der Waals surface area contributed by atoms with Gasteiger partial charge in [-0.3, -0.25) is 4.79 Å². The van der Waals surface area contributed by atoms with E-state index in [-0.39, 0.29) is 29.9 Å². The maximum Gasteiger partial charge on any atom is 0.419 e. The standard InChI is InChI=1S/C26H27F4N7O/c27-20-4-3-16(10-19(20)26(28,29)30)21-13-37(17-2-1-7-31-12-17)24(34-21)15-5-8-36(9-6-15)25-18-11-22(38)35-23(18)32-14-33-25/h3-4,10,13-15,17,31H,1-2,5-9,11-12H2,(H,32,33,35,38). The number of piperidine rings is 2. The summed E-state index contributed by atoms with van der Waals surface area (Å²) in [5.41, 5.74) is 0.180. The van der Waals surface area contributed by atoms with Crippen LogP contribution in [0.4, 0.5) is 29.2 Å². The lowest BCUT2D eigenvalue weighted by Gasteiger charge is -2.34. The third-order valence-electron chi connectivity index (χ3n) is 7.67. The van der Waals surface area contributed by atoms with Crippen LogP contribution >= 0.6 is 0 Å². The Kier molecular flexibility index (Phi) is 6.29. The number of nitrogens with one attached hydrogen (secondary N) is 2. The number of anilines is 2. The molecule has 1 atom stereocenters. The number of carbonyl (C=O) groups is 1. The normalized spacial score (nSPS) is 20.5. The van der Waals surface area contributed by atoms with E-state index in [4.69, 9.17) is 4.98 Å². The molecule has 0 spiro atoms. The first-order chi connectivity index (χ1) is 18.3. The molecule has 3 aliphatic rings. The molecular weight excluding hydrogens is 502 g/mol. The first kappa shape index (κ1) is 24.8. The Bertz CT molecular complexity index is 1360. The van der Waals surface area contributed by atoms with Gasteiger partial charge in [-0.2, -0.15) is 13.2 Å². The molecule has 0 radical (unpaired) electrons. The molecule has 2 fully saturated rings. The number of amides is 1. The summed E-state index contributed by atoms with van der Waals surface area (Å²) < 4.78 is 56.2. The first-order valence-corrected chi connectivity index (χ1v) is 12.8. The number of hydrogen-bond donors (Lipinski definition) is 2. The summed E-state index contributed by atoms with van der Waals surface area (Å²) in [6, 6.07) is 3.20. The summed E-state index contributed by atoms with van der Waals surface area (Å²) in [6.07, 6.45) is 2.23. The fourth-order valence-corrected chi connectivity index (χ4v) is 5.75. The van der Waals surface area contributed by atoms with Crippen molar-refractivity contribution in [3.63, 3.8) is 0 Å². The number of aromatic nitrogens is 4. The van der Waals surface area contributed by atoms with E-state index in [1.54, 1.807) is 0 Å². The van der Waals surface area contributed by atoms with Crippen LogP contribution in [0, 0.1) is 5.82 Å². The van der Waals surface area contributed by atoms with Crippen LogP contribution in [0.5, 0.6) is 0 Å². The van der Waals surface area contributed by atoms with Crippen molar-refractivity contribution < 1.29 is 22.4 Å². The topological polar surface area (TPSA) is 88.0 Å². The second-order valence-electron chi connectivity index (χ2n) is 10.1. The van der Waals surface area contributed by atoms with E-state index in [9.17, 15) is 22.4 Å². The van der Waals surface area contributed by atoms with Gasteiger partial charge in [0.05, 0.1) is 17.7 Å².